The number of benzene rings is 2. The summed E-state index contributed by atoms with van der Waals surface area (Å²) in [6.07, 6.45) is 3.08. The molecule has 7 nitrogen and oxygen atoms in total. The van der Waals surface area contributed by atoms with Crippen LogP contribution in [0.2, 0.25) is 0 Å². The van der Waals surface area contributed by atoms with Gasteiger partial charge in [-0.25, -0.2) is 9.97 Å². The molecule has 0 aliphatic carbocycles. The van der Waals surface area contributed by atoms with E-state index in [0.717, 1.165) is 48.8 Å². The van der Waals surface area contributed by atoms with E-state index in [1.807, 2.05) is 67.6 Å². The number of nitrogens with one attached hydrogen (secondary N) is 1. The van der Waals surface area contributed by atoms with Gasteiger partial charge in [0.25, 0.3) is 0 Å². The first kappa shape index (κ1) is 21.6. The third-order valence-corrected chi connectivity index (χ3v) is 5.46. The number of rotatable bonds is 8. The Balaban J connectivity index is 1.28. The highest BCUT2D eigenvalue weighted by Crippen LogP contribution is 2.26. The van der Waals surface area contributed by atoms with Gasteiger partial charge in [0.05, 0.1) is 6.61 Å². The van der Waals surface area contributed by atoms with Gasteiger partial charge < -0.3 is 19.7 Å². The number of hydrogen-bond acceptors (Lipinski definition) is 6. The average Bonchev–Trinajstić information content (AvgIpc) is 2.84. The van der Waals surface area contributed by atoms with Crippen molar-refractivity contribution in [2.24, 2.45) is 5.92 Å². The lowest BCUT2D eigenvalue weighted by Crippen LogP contribution is -2.40. The number of piperidine rings is 1. The van der Waals surface area contributed by atoms with Crippen molar-refractivity contribution in [1.29, 1.82) is 0 Å². The molecular formula is C25H28N4O3. The van der Waals surface area contributed by atoms with E-state index in [1.165, 1.54) is 6.33 Å². The quantitative estimate of drug-likeness (QED) is 0.575. The molecule has 166 valence electrons. The van der Waals surface area contributed by atoms with Crippen LogP contribution in [0.15, 0.2) is 67.0 Å². The number of ether oxygens (including phenoxy) is 2. The Morgan fingerprint density at radius 3 is 2.59 bits per heavy atom. The zero-order chi connectivity index (χ0) is 22.2. The lowest BCUT2D eigenvalue weighted by Gasteiger charge is -2.32. The highest BCUT2D eigenvalue weighted by Gasteiger charge is 2.25. The Labute approximate surface area is 188 Å². The summed E-state index contributed by atoms with van der Waals surface area (Å²) in [5.41, 5.74) is 1.04. The molecule has 0 unspecified atom stereocenters. The molecule has 4 rings (SSSR count). The zero-order valence-electron chi connectivity index (χ0n) is 18.2. The molecule has 0 saturated carbocycles. The van der Waals surface area contributed by atoms with E-state index in [1.54, 1.807) is 0 Å². The van der Waals surface area contributed by atoms with E-state index in [4.69, 9.17) is 9.47 Å². The molecule has 32 heavy (non-hydrogen) atoms. The molecule has 1 saturated heterocycles. The minimum Gasteiger partial charge on any atom is -0.494 e. The largest absolute Gasteiger partial charge is 0.494 e. The fraction of sp³-hybridized carbons (Fsp3) is 0.320. The van der Waals surface area contributed by atoms with E-state index < -0.39 is 0 Å². The second-order valence-electron chi connectivity index (χ2n) is 7.69. The van der Waals surface area contributed by atoms with Gasteiger partial charge in [-0.3, -0.25) is 4.79 Å². The van der Waals surface area contributed by atoms with Gasteiger partial charge in [-0.15, -0.1) is 0 Å². The van der Waals surface area contributed by atoms with Crippen LogP contribution in [0, 0.1) is 5.92 Å². The third-order valence-electron chi connectivity index (χ3n) is 5.46. The normalized spacial score (nSPS) is 14.1. The number of amides is 1. The summed E-state index contributed by atoms with van der Waals surface area (Å²) in [5, 5.41) is 3.07. The number of carbonyl (C=O) groups is 1. The van der Waals surface area contributed by atoms with Crippen LogP contribution in [-0.4, -0.2) is 35.6 Å². The van der Waals surface area contributed by atoms with Crippen LogP contribution in [0.5, 0.6) is 17.4 Å². The molecule has 0 bridgehead atoms. The SMILES string of the molecule is CCOc1cccc(CNC(=O)C2CCN(c3cc(Oc4ccccc4)ncn3)CC2)c1. The van der Waals surface area contributed by atoms with Crippen LogP contribution in [0.4, 0.5) is 5.82 Å². The zero-order valence-corrected chi connectivity index (χ0v) is 18.2. The maximum absolute atomic E-state index is 12.7. The Bertz CT molecular complexity index is 1020. The summed E-state index contributed by atoms with van der Waals surface area (Å²) in [6.45, 7) is 4.62. The minimum absolute atomic E-state index is 0.00296. The first-order valence-electron chi connectivity index (χ1n) is 11.0. The number of hydrogen-bond donors (Lipinski definition) is 1. The standard InChI is InChI=1S/C25H28N4O3/c1-2-31-22-10-6-7-19(15-22)17-26-25(30)20-11-13-29(14-12-20)23-16-24(28-18-27-23)32-21-8-4-3-5-9-21/h3-10,15-16,18,20H,2,11-14,17H2,1H3,(H,26,30). The highest BCUT2D eigenvalue weighted by atomic mass is 16.5. The molecule has 1 aromatic heterocycles. The van der Waals surface area contributed by atoms with E-state index in [9.17, 15) is 4.79 Å². The van der Waals surface area contributed by atoms with Crippen LogP contribution in [0.25, 0.3) is 0 Å². The average molecular weight is 433 g/mol. The Morgan fingerprint density at radius 1 is 1.03 bits per heavy atom. The summed E-state index contributed by atoms with van der Waals surface area (Å²) in [6, 6.07) is 19.2. The second-order valence-corrected chi connectivity index (χ2v) is 7.69. The summed E-state index contributed by atoms with van der Waals surface area (Å²) in [5.74, 6) is 2.99. The summed E-state index contributed by atoms with van der Waals surface area (Å²) in [7, 11) is 0. The Morgan fingerprint density at radius 2 is 1.81 bits per heavy atom. The molecular weight excluding hydrogens is 404 g/mol. The molecule has 3 aromatic rings. The topological polar surface area (TPSA) is 76.6 Å². The molecule has 1 amide bonds. The van der Waals surface area contributed by atoms with Gasteiger partial charge in [0.2, 0.25) is 11.8 Å². The van der Waals surface area contributed by atoms with Crippen LogP contribution < -0.4 is 19.7 Å². The third kappa shape index (κ3) is 5.75. The van der Waals surface area contributed by atoms with Crippen molar-refractivity contribution in [2.75, 3.05) is 24.6 Å². The number of carbonyl (C=O) groups excluding carboxylic acids is 1. The monoisotopic (exact) mass is 432 g/mol. The van der Waals surface area contributed by atoms with Crippen molar-refractivity contribution in [2.45, 2.75) is 26.3 Å². The molecule has 2 aromatic carbocycles. The number of anilines is 1. The first-order chi connectivity index (χ1) is 15.7. The van der Waals surface area contributed by atoms with Crippen LogP contribution in [-0.2, 0) is 11.3 Å². The Hall–Kier alpha value is -3.61. The molecule has 7 heteroatoms. The summed E-state index contributed by atoms with van der Waals surface area (Å²) >= 11 is 0. The molecule has 1 aliphatic rings. The van der Waals surface area contributed by atoms with Crippen molar-refractivity contribution in [1.82, 2.24) is 15.3 Å². The molecule has 2 heterocycles. The van der Waals surface area contributed by atoms with Crippen LogP contribution in [0.3, 0.4) is 0 Å². The van der Waals surface area contributed by atoms with Crippen molar-refractivity contribution < 1.29 is 14.3 Å². The van der Waals surface area contributed by atoms with Gasteiger partial charge in [0, 0.05) is 31.6 Å². The molecule has 0 radical (unpaired) electrons. The van der Waals surface area contributed by atoms with Crippen LogP contribution >= 0.6 is 0 Å². The molecule has 1 fully saturated rings. The molecule has 0 atom stereocenters. The van der Waals surface area contributed by atoms with Gasteiger partial charge in [-0.1, -0.05) is 30.3 Å². The number of nitrogens with zero attached hydrogens (tertiary/aromatic N) is 3. The fourth-order valence-electron chi connectivity index (χ4n) is 3.78. The smallest absolute Gasteiger partial charge is 0.224 e. The molecule has 0 spiro atoms. The van der Waals surface area contributed by atoms with Crippen LogP contribution in [0.1, 0.15) is 25.3 Å². The lowest BCUT2D eigenvalue weighted by atomic mass is 9.96. The number of aromatic nitrogens is 2. The maximum atomic E-state index is 12.7. The fourth-order valence-corrected chi connectivity index (χ4v) is 3.78. The predicted molar refractivity (Wildman–Crippen MR) is 123 cm³/mol. The first-order valence-corrected chi connectivity index (χ1v) is 11.0. The van der Waals surface area contributed by atoms with Gasteiger partial charge in [-0.05, 0) is 49.6 Å². The summed E-state index contributed by atoms with van der Waals surface area (Å²) in [4.78, 5) is 23.5. The van der Waals surface area contributed by atoms with E-state index in [0.29, 0.717) is 19.0 Å². The maximum Gasteiger partial charge on any atom is 0.224 e. The highest BCUT2D eigenvalue weighted by molar-refractivity contribution is 5.79. The van der Waals surface area contributed by atoms with Gasteiger partial charge in [0.1, 0.15) is 23.6 Å². The van der Waals surface area contributed by atoms with E-state index in [-0.39, 0.29) is 11.8 Å². The summed E-state index contributed by atoms with van der Waals surface area (Å²) < 4.78 is 11.3. The van der Waals surface area contributed by atoms with Crippen molar-refractivity contribution >= 4 is 11.7 Å². The van der Waals surface area contributed by atoms with Crippen molar-refractivity contribution in [3.63, 3.8) is 0 Å². The number of para-hydroxylation sites is 1. The molecule has 1 aliphatic heterocycles. The second kappa shape index (κ2) is 10.6. The lowest BCUT2D eigenvalue weighted by molar-refractivity contribution is -0.125. The van der Waals surface area contributed by atoms with Gasteiger partial charge in [0.15, 0.2) is 0 Å². The van der Waals surface area contributed by atoms with Gasteiger partial charge in [-0.2, -0.15) is 0 Å². The predicted octanol–water partition coefficient (Wildman–Crippen LogP) is 4.20. The minimum atomic E-state index is 0.00296. The van der Waals surface area contributed by atoms with Gasteiger partial charge >= 0.3 is 0 Å². The Kier molecular flexibility index (Phi) is 7.17. The van der Waals surface area contributed by atoms with Crippen molar-refractivity contribution in [3.8, 4) is 17.4 Å². The molecule has 1 N–H and O–H groups in total. The van der Waals surface area contributed by atoms with E-state index >= 15 is 0 Å². The van der Waals surface area contributed by atoms with E-state index in [2.05, 4.69) is 20.2 Å². The van der Waals surface area contributed by atoms with Crippen molar-refractivity contribution in [3.05, 3.63) is 72.6 Å².